The summed E-state index contributed by atoms with van der Waals surface area (Å²) in [6.07, 6.45) is 6.36. The highest BCUT2D eigenvalue weighted by Gasteiger charge is 2.69. The fraction of sp³-hybridized carbons (Fsp3) is 0.652. The van der Waals surface area contributed by atoms with Crippen molar-refractivity contribution in [3.63, 3.8) is 0 Å². The first-order valence-electron chi connectivity index (χ1n) is 11.0. The summed E-state index contributed by atoms with van der Waals surface area (Å²) in [6, 6.07) is 6.23. The minimum atomic E-state index is -0.440. The fourth-order valence-corrected chi connectivity index (χ4v) is 7.55. The third-order valence-corrected chi connectivity index (χ3v) is 8.62. The molecule has 154 valence electrons. The van der Waals surface area contributed by atoms with E-state index in [1.54, 1.807) is 11.0 Å². The molecule has 6 heteroatoms. The maximum absolute atomic E-state index is 13.1. The summed E-state index contributed by atoms with van der Waals surface area (Å²) < 4.78 is 0. The van der Waals surface area contributed by atoms with E-state index in [2.05, 4.69) is 11.0 Å². The van der Waals surface area contributed by atoms with Gasteiger partial charge in [-0.15, -0.1) is 0 Å². The number of nitrogens with zero attached hydrogens (tertiary/aromatic N) is 2. The van der Waals surface area contributed by atoms with Gasteiger partial charge in [0.15, 0.2) is 0 Å². The number of primary amides is 1. The molecule has 3 aliphatic carbocycles. The van der Waals surface area contributed by atoms with Crippen LogP contribution in [0.4, 0.5) is 0 Å². The highest BCUT2D eigenvalue weighted by molar-refractivity contribution is 5.86. The molecular formula is C23H29N3O3. The Bertz CT molecular complexity index is 913. The summed E-state index contributed by atoms with van der Waals surface area (Å²) in [5.41, 5.74) is 7.94. The van der Waals surface area contributed by atoms with Crippen LogP contribution in [0.1, 0.15) is 43.2 Å². The van der Waals surface area contributed by atoms with Gasteiger partial charge in [-0.2, -0.15) is 0 Å². The van der Waals surface area contributed by atoms with Gasteiger partial charge in [-0.1, -0.05) is 6.07 Å². The number of nitrogens with two attached hydrogens (primary N) is 1. The number of rotatable bonds is 4. The Balaban J connectivity index is 1.47. The normalized spacial score (nSPS) is 37.9. The molecule has 4 fully saturated rings. The molecule has 2 heterocycles. The van der Waals surface area contributed by atoms with Gasteiger partial charge in [0.25, 0.3) is 0 Å². The van der Waals surface area contributed by atoms with Crippen molar-refractivity contribution in [2.75, 3.05) is 26.2 Å². The number of phenols is 1. The van der Waals surface area contributed by atoms with Crippen molar-refractivity contribution in [3.05, 3.63) is 29.3 Å². The molecule has 6 nitrogen and oxygen atoms in total. The van der Waals surface area contributed by atoms with Crippen molar-refractivity contribution in [2.45, 2.75) is 50.0 Å². The van der Waals surface area contributed by atoms with Crippen molar-refractivity contribution in [3.8, 4) is 5.75 Å². The van der Waals surface area contributed by atoms with Crippen molar-refractivity contribution < 1.29 is 14.7 Å². The van der Waals surface area contributed by atoms with Crippen LogP contribution in [-0.2, 0) is 21.4 Å². The second-order valence-electron chi connectivity index (χ2n) is 10.4. The third-order valence-electron chi connectivity index (χ3n) is 8.62. The number of aromatic hydroxyl groups is 1. The van der Waals surface area contributed by atoms with Gasteiger partial charge in [-0.25, -0.2) is 0 Å². The largest absolute Gasteiger partial charge is 0.508 e. The molecule has 4 atom stereocenters. The van der Waals surface area contributed by atoms with Crippen molar-refractivity contribution in [2.24, 2.45) is 23.0 Å². The van der Waals surface area contributed by atoms with Gasteiger partial charge >= 0.3 is 0 Å². The Morgan fingerprint density at radius 2 is 2.10 bits per heavy atom. The van der Waals surface area contributed by atoms with Gasteiger partial charge in [-0.05, 0) is 73.2 Å². The lowest BCUT2D eigenvalue weighted by atomic mass is 9.61. The molecule has 1 aromatic carbocycles. The summed E-state index contributed by atoms with van der Waals surface area (Å²) in [7, 11) is 0. The van der Waals surface area contributed by atoms with E-state index in [9.17, 15) is 14.7 Å². The Morgan fingerprint density at radius 1 is 1.28 bits per heavy atom. The number of likely N-dealkylation sites (tertiary alicyclic amines) is 2. The minimum Gasteiger partial charge on any atom is -0.508 e. The monoisotopic (exact) mass is 395 g/mol. The third kappa shape index (κ3) is 2.44. The smallest absolute Gasteiger partial charge is 0.237 e. The molecule has 2 aliphatic heterocycles. The summed E-state index contributed by atoms with van der Waals surface area (Å²) in [5.74, 6) is 1.000. The quantitative estimate of drug-likeness (QED) is 0.807. The van der Waals surface area contributed by atoms with Crippen LogP contribution in [0.15, 0.2) is 18.2 Å². The summed E-state index contributed by atoms with van der Waals surface area (Å²) in [4.78, 5) is 29.1. The number of amides is 2. The standard InChI is InChI=1S/C23H29N3O3/c24-19(28)12-26-11-18-21-22(5-6-25(21)10-14-1-2-14)8-15-3-4-16(27)7-17(15)23(18,13-22)9-20(26)29/h3-4,7,14,18,21,27H,1-2,5-6,8-13H2,(H2,24,28). The van der Waals surface area contributed by atoms with Crippen LogP contribution in [0, 0.1) is 17.3 Å². The fourth-order valence-electron chi connectivity index (χ4n) is 7.55. The Morgan fingerprint density at radius 3 is 2.86 bits per heavy atom. The number of piperidine rings is 1. The zero-order chi connectivity index (χ0) is 20.0. The van der Waals surface area contributed by atoms with Gasteiger partial charge < -0.3 is 15.7 Å². The first kappa shape index (κ1) is 17.8. The molecule has 0 radical (unpaired) electrons. The lowest BCUT2D eigenvalue weighted by Crippen LogP contribution is -2.56. The number of carbonyl (C=O) groups excluding carboxylic acids is 2. The van der Waals surface area contributed by atoms with Gasteiger partial charge in [0.1, 0.15) is 5.75 Å². The molecule has 2 bridgehead atoms. The lowest BCUT2D eigenvalue weighted by molar-refractivity contribution is -0.141. The molecule has 29 heavy (non-hydrogen) atoms. The number of phenolic OH excluding ortho intramolecular Hbond substituents is 1. The predicted octanol–water partition coefficient (Wildman–Crippen LogP) is 1.39. The average Bonchev–Trinajstić information content (AvgIpc) is 3.37. The van der Waals surface area contributed by atoms with Gasteiger partial charge in [0.2, 0.25) is 11.8 Å². The van der Waals surface area contributed by atoms with E-state index in [1.807, 2.05) is 6.07 Å². The lowest BCUT2D eigenvalue weighted by Gasteiger charge is -2.47. The van der Waals surface area contributed by atoms with Crippen LogP contribution in [-0.4, -0.2) is 58.9 Å². The van der Waals surface area contributed by atoms with E-state index < -0.39 is 5.91 Å². The molecule has 6 rings (SSSR count). The van der Waals surface area contributed by atoms with Crippen LogP contribution in [0.25, 0.3) is 0 Å². The molecule has 5 aliphatic rings. The zero-order valence-corrected chi connectivity index (χ0v) is 16.8. The molecule has 0 aromatic heterocycles. The molecule has 1 aromatic rings. The molecule has 4 unspecified atom stereocenters. The first-order chi connectivity index (χ1) is 13.9. The second-order valence-corrected chi connectivity index (χ2v) is 10.4. The van der Waals surface area contributed by atoms with Gasteiger partial charge in [0, 0.05) is 36.9 Å². The molecular weight excluding hydrogens is 366 g/mol. The highest BCUT2D eigenvalue weighted by Crippen LogP contribution is 2.68. The number of fused-ring (bicyclic) bond motifs is 2. The summed E-state index contributed by atoms with van der Waals surface area (Å²) in [5, 5.41) is 10.3. The van der Waals surface area contributed by atoms with Crippen molar-refractivity contribution in [1.29, 1.82) is 0 Å². The maximum atomic E-state index is 13.1. The zero-order valence-electron chi connectivity index (χ0n) is 16.8. The second kappa shape index (κ2) is 5.75. The topological polar surface area (TPSA) is 86.9 Å². The van der Waals surface area contributed by atoms with E-state index in [1.165, 1.54) is 36.9 Å². The molecule has 2 saturated carbocycles. The molecule has 2 spiro atoms. The molecule has 2 saturated heterocycles. The number of benzene rings is 1. The number of carbonyl (C=O) groups is 2. The van der Waals surface area contributed by atoms with E-state index in [-0.39, 0.29) is 29.0 Å². The average molecular weight is 396 g/mol. The molecule has 3 N–H and O–H groups in total. The van der Waals surface area contributed by atoms with E-state index in [0.717, 1.165) is 25.3 Å². The van der Waals surface area contributed by atoms with Crippen LogP contribution in [0.5, 0.6) is 5.75 Å². The summed E-state index contributed by atoms with van der Waals surface area (Å²) in [6.45, 7) is 2.93. The Kier molecular flexibility index (Phi) is 3.52. The van der Waals surface area contributed by atoms with Crippen LogP contribution < -0.4 is 5.73 Å². The van der Waals surface area contributed by atoms with Crippen LogP contribution in [0.3, 0.4) is 0 Å². The molecule has 2 amide bonds. The van der Waals surface area contributed by atoms with Crippen LogP contribution >= 0.6 is 0 Å². The Labute approximate surface area is 171 Å². The van der Waals surface area contributed by atoms with Gasteiger partial charge in [-0.3, -0.25) is 14.5 Å². The van der Waals surface area contributed by atoms with Crippen molar-refractivity contribution >= 4 is 11.8 Å². The minimum absolute atomic E-state index is 0.0145. The predicted molar refractivity (Wildman–Crippen MR) is 107 cm³/mol. The highest BCUT2D eigenvalue weighted by atomic mass is 16.3. The first-order valence-corrected chi connectivity index (χ1v) is 11.0. The van der Waals surface area contributed by atoms with E-state index in [4.69, 9.17) is 5.73 Å². The SMILES string of the molecule is NC(=O)CN1CC2C3N(CC4CC4)CCC34Cc3ccc(O)cc3C2(CC1=O)C4. The maximum Gasteiger partial charge on any atom is 0.237 e. The van der Waals surface area contributed by atoms with Crippen LogP contribution in [0.2, 0.25) is 0 Å². The number of hydrogen-bond acceptors (Lipinski definition) is 4. The summed E-state index contributed by atoms with van der Waals surface area (Å²) >= 11 is 0. The Hall–Kier alpha value is -2.08. The number of hydrogen-bond donors (Lipinski definition) is 2. The van der Waals surface area contributed by atoms with Gasteiger partial charge in [0.05, 0.1) is 6.54 Å². The van der Waals surface area contributed by atoms with E-state index in [0.29, 0.717) is 24.9 Å². The van der Waals surface area contributed by atoms with Crippen molar-refractivity contribution in [1.82, 2.24) is 9.80 Å². The van der Waals surface area contributed by atoms with E-state index >= 15 is 0 Å².